The van der Waals surface area contributed by atoms with Gasteiger partial charge in [0.15, 0.2) is 0 Å². The quantitative estimate of drug-likeness (QED) is 0.784. The smallest absolute Gasteiger partial charge is 0.317 e. The summed E-state index contributed by atoms with van der Waals surface area (Å²) in [7, 11) is 1.76. The fraction of sp³-hybridized carbons (Fsp3) is 0.435. The van der Waals surface area contributed by atoms with Gasteiger partial charge in [-0.2, -0.15) is 0 Å². The molecule has 0 saturated carbocycles. The molecule has 1 unspecified atom stereocenters. The molecular formula is C23H30FN3O. The number of piperidine rings is 1. The van der Waals surface area contributed by atoms with Gasteiger partial charge in [-0.15, -0.1) is 0 Å². The van der Waals surface area contributed by atoms with Gasteiger partial charge < -0.3 is 10.2 Å². The maximum Gasteiger partial charge on any atom is 0.317 e. The van der Waals surface area contributed by atoms with E-state index in [1.54, 1.807) is 24.1 Å². The number of carbonyl (C=O) groups is 1. The summed E-state index contributed by atoms with van der Waals surface area (Å²) in [6, 6.07) is 14.5. The molecule has 0 aliphatic carbocycles. The van der Waals surface area contributed by atoms with E-state index in [9.17, 15) is 9.18 Å². The fourth-order valence-corrected chi connectivity index (χ4v) is 3.58. The minimum atomic E-state index is -0.271. The van der Waals surface area contributed by atoms with E-state index in [0.29, 0.717) is 6.54 Å². The van der Waals surface area contributed by atoms with Gasteiger partial charge in [-0.05, 0) is 61.7 Å². The zero-order valence-corrected chi connectivity index (χ0v) is 16.8. The molecule has 0 spiro atoms. The summed E-state index contributed by atoms with van der Waals surface area (Å²) in [5.41, 5.74) is 3.30. The second-order valence-electron chi connectivity index (χ2n) is 7.65. The molecule has 1 aliphatic rings. The van der Waals surface area contributed by atoms with E-state index >= 15 is 0 Å². The van der Waals surface area contributed by atoms with E-state index in [1.807, 2.05) is 6.92 Å². The van der Waals surface area contributed by atoms with Gasteiger partial charge >= 0.3 is 6.03 Å². The van der Waals surface area contributed by atoms with E-state index in [4.69, 9.17) is 0 Å². The van der Waals surface area contributed by atoms with Crippen LogP contribution in [0.1, 0.15) is 48.9 Å². The highest BCUT2D eigenvalue weighted by Gasteiger charge is 2.17. The highest BCUT2D eigenvalue weighted by atomic mass is 19.1. The predicted molar refractivity (Wildman–Crippen MR) is 110 cm³/mol. The minimum absolute atomic E-state index is 0.132. The van der Waals surface area contributed by atoms with E-state index < -0.39 is 0 Å². The Balaban J connectivity index is 1.48. The first kappa shape index (κ1) is 20.3. The van der Waals surface area contributed by atoms with Crippen LogP contribution in [0.15, 0.2) is 48.5 Å². The van der Waals surface area contributed by atoms with Gasteiger partial charge in [-0.25, -0.2) is 9.18 Å². The molecule has 0 bridgehead atoms. The molecule has 5 heteroatoms. The maximum absolute atomic E-state index is 13.1. The van der Waals surface area contributed by atoms with Crippen LogP contribution in [0.25, 0.3) is 0 Å². The number of nitrogens with one attached hydrogen (secondary N) is 1. The third-order valence-electron chi connectivity index (χ3n) is 5.58. The Bertz CT molecular complexity index is 754. The highest BCUT2D eigenvalue weighted by molar-refractivity contribution is 5.74. The Morgan fingerprint density at radius 2 is 1.64 bits per heavy atom. The number of rotatable bonds is 6. The first-order valence-corrected chi connectivity index (χ1v) is 10.1. The van der Waals surface area contributed by atoms with Gasteiger partial charge in [0, 0.05) is 20.1 Å². The summed E-state index contributed by atoms with van der Waals surface area (Å²) in [4.78, 5) is 16.6. The highest BCUT2D eigenvalue weighted by Crippen LogP contribution is 2.19. The molecule has 1 fully saturated rings. The Labute approximate surface area is 167 Å². The summed E-state index contributed by atoms with van der Waals surface area (Å²) in [5.74, 6) is -0.271. The molecule has 2 amide bonds. The van der Waals surface area contributed by atoms with Crippen molar-refractivity contribution in [1.82, 2.24) is 15.1 Å². The van der Waals surface area contributed by atoms with E-state index in [-0.39, 0.29) is 17.9 Å². The van der Waals surface area contributed by atoms with Crippen LogP contribution < -0.4 is 5.32 Å². The molecule has 1 atom stereocenters. The molecule has 2 aromatic rings. The van der Waals surface area contributed by atoms with Crippen molar-refractivity contribution in [3.8, 4) is 0 Å². The summed E-state index contributed by atoms with van der Waals surface area (Å²) < 4.78 is 13.1. The van der Waals surface area contributed by atoms with Crippen LogP contribution in [-0.4, -0.2) is 36.0 Å². The third kappa shape index (κ3) is 5.55. The summed E-state index contributed by atoms with van der Waals surface area (Å²) >= 11 is 0. The van der Waals surface area contributed by atoms with Crippen LogP contribution in [-0.2, 0) is 13.1 Å². The average Bonchev–Trinajstić information content (AvgIpc) is 2.73. The predicted octanol–water partition coefficient (Wildman–Crippen LogP) is 4.71. The lowest BCUT2D eigenvalue weighted by atomic mass is 10.1. The van der Waals surface area contributed by atoms with Crippen molar-refractivity contribution in [2.24, 2.45) is 0 Å². The largest absolute Gasteiger partial charge is 0.334 e. The summed E-state index contributed by atoms with van der Waals surface area (Å²) in [5, 5.41) is 2.96. The topological polar surface area (TPSA) is 35.6 Å². The molecule has 3 rings (SSSR count). The van der Waals surface area contributed by atoms with Crippen molar-refractivity contribution in [2.75, 3.05) is 20.1 Å². The number of amides is 2. The zero-order valence-electron chi connectivity index (χ0n) is 16.8. The van der Waals surface area contributed by atoms with E-state index in [2.05, 4.69) is 34.5 Å². The maximum atomic E-state index is 13.1. The average molecular weight is 384 g/mol. The van der Waals surface area contributed by atoms with Crippen molar-refractivity contribution in [3.05, 3.63) is 71.0 Å². The van der Waals surface area contributed by atoms with Crippen LogP contribution in [0.5, 0.6) is 0 Å². The van der Waals surface area contributed by atoms with Crippen LogP contribution in [0, 0.1) is 5.82 Å². The Kier molecular flexibility index (Phi) is 7.04. The van der Waals surface area contributed by atoms with Crippen LogP contribution in [0.3, 0.4) is 0 Å². The van der Waals surface area contributed by atoms with Gasteiger partial charge in [0.05, 0.1) is 6.04 Å². The van der Waals surface area contributed by atoms with Crippen molar-refractivity contribution in [2.45, 2.75) is 45.3 Å². The lowest BCUT2D eigenvalue weighted by molar-refractivity contribution is 0.194. The standard InChI is InChI=1S/C23H30FN3O/c1-18(21-10-12-22(24)13-11-21)26(2)23(28)25-16-19-6-8-20(9-7-19)17-27-14-4-3-5-15-27/h6-13,18H,3-5,14-17H2,1-2H3,(H,25,28). The summed E-state index contributed by atoms with van der Waals surface area (Å²) in [6.07, 6.45) is 3.95. The molecule has 1 saturated heterocycles. The molecule has 150 valence electrons. The Hall–Kier alpha value is -2.40. The van der Waals surface area contributed by atoms with Crippen molar-refractivity contribution in [3.63, 3.8) is 0 Å². The molecule has 28 heavy (non-hydrogen) atoms. The van der Waals surface area contributed by atoms with Crippen LogP contribution in [0.4, 0.5) is 9.18 Å². The number of hydrogen-bond donors (Lipinski definition) is 1. The fourth-order valence-electron chi connectivity index (χ4n) is 3.58. The van der Waals surface area contributed by atoms with Crippen LogP contribution in [0.2, 0.25) is 0 Å². The number of hydrogen-bond acceptors (Lipinski definition) is 2. The number of benzene rings is 2. The molecule has 1 heterocycles. The number of nitrogens with zero attached hydrogens (tertiary/aromatic N) is 2. The van der Waals surface area contributed by atoms with Crippen molar-refractivity contribution >= 4 is 6.03 Å². The third-order valence-corrected chi connectivity index (χ3v) is 5.58. The zero-order chi connectivity index (χ0) is 19.9. The molecular weight excluding hydrogens is 353 g/mol. The van der Waals surface area contributed by atoms with Gasteiger partial charge in [0.1, 0.15) is 5.82 Å². The van der Waals surface area contributed by atoms with Crippen molar-refractivity contribution in [1.29, 1.82) is 0 Å². The van der Waals surface area contributed by atoms with Crippen LogP contribution >= 0.6 is 0 Å². The Morgan fingerprint density at radius 1 is 1.04 bits per heavy atom. The van der Waals surface area contributed by atoms with Gasteiger partial charge in [-0.1, -0.05) is 42.8 Å². The molecule has 1 aliphatic heterocycles. The normalized spacial score (nSPS) is 15.8. The van der Waals surface area contributed by atoms with Crippen molar-refractivity contribution < 1.29 is 9.18 Å². The van der Waals surface area contributed by atoms with Gasteiger partial charge in [0.2, 0.25) is 0 Å². The van der Waals surface area contributed by atoms with E-state index in [0.717, 1.165) is 17.7 Å². The molecule has 1 N–H and O–H groups in total. The van der Waals surface area contributed by atoms with E-state index in [1.165, 1.54) is 50.0 Å². The first-order valence-electron chi connectivity index (χ1n) is 10.1. The molecule has 2 aromatic carbocycles. The number of halogens is 1. The first-order chi connectivity index (χ1) is 13.5. The lowest BCUT2D eigenvalue weighted by Gasteiger charge is -2.26. The molecule has 0 radical (unpaired) electrons. The molecule has 0 aromatic heterocycles. The second-order valence-corrected chi connectivity index (χ2v) is 7.65. The SMILES string of the molecule is CC(c1ccc(F)cc1)N(C)C(=O)NCc1ccc(CN2CCCCC2)cc1. The summed E-state index contributed by atoms with van der Waals surface area (Å²) in [6.45, 7) is 5.81. The lowest BCUT2D eigenvalue weighted by Crippen LogP contribution is -2.38. The van der Waals surface area contributed by atoms with Gasteiger partial charge in [0.25, 0.3) is 0 Å². The number of likely N-dealkylation sites (tertiary alicyclic amines) is 1. The number of carbonyl (C=O) groups excluding carboxylic acids is 1. The molecule has 4 nitrogen and oxygen atoms in total. The second kappa shape index (κ2) is 9.69. The Morgan fingerprint density at radius 3 is 2.29 bits per heavy atom. The monoisotopic (exact) mass is 383 g/mol. The minimum Gasteiger partial charge on any atom is -0.334 e. The van der Waals surface area contributed by atoms with Gasteiger partial charge in [-0.3, -0.25) is 4.90 Å². The number of urea groups is 1.